The predicted octanol–water partition coefficient (Wildman–Crippen LogP) is 2.43. The van der Waals surface area contributed by atoms with Gasteiger partial charge in [-0.25, -0.2) is 8.78 Å². The van der Waals surface area contributed by atoms with Crippen molar-refractivity contribution in [3.8, 4) is 0 Å². The Balaban J connectivity index is 0.00000361. The smallest absolute Gasteiger partial charge is 0.220 e. The zero-order chi connectivity index (χ0) is 14.3. The van der Waals surface area contributed by atoms with E-state index < -0.39 is 11.6 Å². The maximum atomic E-state index is 13.3. The van der Waals surface area contributed by atoms with E-state index in [0.29, 0.717) is 6.54 Å². The Bertz CT molecular complexity index is 430. The Morgan fingerprint density at radius 1 is 1.35 bits per heavy atom. The van der Waals surface area contributed by atoms with Gasteiger partial charge < -0.3 is 10.6 Å². The summed E-state index contributed by atoms with van der Waals surface area (Å²) in [6.07, 6.45) is 0.351. The molecule has 0 saturated carbocycles. The first-order valence-corrected chi connectivity index (χ1v) is 6.47. The first-order valence-electron chi connectivity index (χ1n) is 6.47. The number of aryl methyl sites for hydroxylation is 1. The molecule has 20 heavy (non-hydrogen) atoms. The summed E-state index contributed by atoms with van der Waals surface area (Å²) in [6, 6.07) is 4.20. The van der Waals surface area contributed by atoms with Gasteiger partial charge in [-0.1, -0.05) is 19.1 Å². The molecule has 0 spiro atoms. The molecule has 1 amide bonds. The van der Waals surface area contributed by atoms with Crippen LogP contribution in [0.4, 0.5) is 8.78 Å². The Kier molecular flexibility index (Phi) is 9.08. The number of carbonyl (C=O) groups is 1. The monoisotopic (exact) mass is 306 g/mol. The van der Waals surface area contributed by atoms with E-state index in [1.165, 1.54) is 12.1 Å². The van der Waals surface area contributed by atoms with Crippen LogP contribution in [0.3, 0.4) is 0 Å². The number of nitrogens with one attached hydrogen (secondary N) is 2. The van der Waals surface area contributed by atoms with Crippen LogP contribution in [0.2, 0.25) is 0 Å². The average Bonchev–Trinajstić information content (AvgIpc) is 2.38. The summed E-state index contributed by atoms with van der Waals surface area (Å²) >= 11 is 0. The number of rotatable bonds is 7. The standard InChI is InChI=1S/C14H20F2N2O.ClH/c1-3-17-10(2)9-18-13(19)8-7-11-5-4-6-12(15)14(11)16;/h4-6,10,17H,3,7-9H2,1-2H3,(H,18,19);1H/t10-;/m1./s1. The zero-order valence-electron chi connectivity index (χ0n) is 11.7. The van der Waals surface area contributed by atoms with Crippen LogP contribution in [0.1, 0.15) is 25.8 Å². The molecule has 0 bridgehead atoms. The highest BCUT2D eigenvalue weighted by atomic mass is 35.5. The summed E-state index contributed by atoms with van der Waals surface area (Å²) in [5.74, 6) is -1.90. The topological polar surface area (TPSA) is 41.1 Å². The SMILES string of the molecule is CCN[C@H](C)CNC(=O)CCc1cccc(F)c1F.Cl. The van der Waals surface area contributed by atoms with Gasteiger partial charge in [-0.2, -0.15) is 0 Å². The summed E-state index contributed by atoms with van der Waals surface area (Å²) in [5, 5.41) is 5.92. The van der Waals surface area contributed by atoms with E-state index in [1.54, 1.807) is 0 Å². The van der Waals surface area contributed by atoms with E-state index in [9.17, 15) is 13.6 Å². The van der Waals surface area contributed by atoms with E-state index in [-0.39, 0.29) is 42.8 Å². The van der Waals surface area contributed by atoms with Crippen LogP contribution in [0.15, 0.2) is 18.2 Å². The van der Waals surface area contributed by atoms with Crippen LogP contribution in [-0.2, 0) is 11.2 Å². The fraction of sp³-hybridized carbons (Fsp3) is 0.500. The highest BCUT2D eigenvalue weighted by Crippen LogP contribution is 2.12. The minimum absolute atomic E-state index is 0. The first-order chi connectivity index (χ1) is 9.04. The van der Waals surface area contributed by atoms with Crippen molar-refractivity contribution in [3.05, 3.63) is 35.4 Å². The van der Waals surface area contributed by atoms with E-state index in [2.05, 4.69) is 10.6 Å². The fourth-order valence-corrected chi connectivity index (χ4v) is 1.77. The van der Waals surface area contributed by atoms with Crippen molar-refractivity contribution in [1.29, 1.82) is 0 Å². The maximum absolute atomic E-state index is 13.3. The zero-order valence-corrected chi connectivity index (χ0v) is 12.5. The van der Waals surface area contributed by atoms with Crippen LogP contribution >= 0.6 is 12.4 Å². The van der Waals surface area contributed by atoms with Crippen molar-refractivity contribution in [3.63, 3.8) is 0 Å². The summed E-state index contributed by atoms with van der Waals surface area (Å²) in [4.78, 5) is 11.6. The highest BCUT2D eigenvalue weighted by Gasteiger charge is 2.10. The molecule has 0 unspecified atom stereocenters. The summed E-state index contributed by atoms with van der Waals surface area (Å²) in [7, 11) is 0. The third kappa shape index (κ3) is 6.30. The lowest BCUT2D eigenvalue weighted by Crippen LogP contribution is -2.38. The Labute approximate surface area is 124 Å². The third-order valence-electron chi connectivity index (χ3n) is 2.81. The Morgan fingerprint density at radius 2 is 2.05 bits per heavy atom. The molecule has 0 saturated heterocycles. The van der Waals surface area contributed by atoms with Gasteiger partial charge in [0.1, 0.15) is 0 Å². The van der Waals surface area contributed by atoms with Gasteiger partial charge in [0.2, 0.25) is 5.91 Å². The number of halogens is 3. The lowest BCUT2D eigenvalue weighted by molar-refractivity contribution is -0.121. The van der Waals surface area contributed by atoms with Gasteiger partial charge in [-0.3, -0.25) is 4.79 Å². The van der Waals surface area contributed by atoms with E-state index in [0.717, 1.165) is 12.6 Å². The van der Waals surface area contributed by atoms with E-state index in [1.807, 2.05) is 13.8 Å². The Morgan fingerprint density at radius 3 is 2.70 bits per heavy atom. The highest BCUT2D eigenvalue weighted by molar-refractivity contribution is 5.85. The number of amides is 1. The lowest BCUT2D eigenvalue weighted by atomic mass is 10.1. The second-order valence-corrected chi connectivity index (χ2v) is 4.48. The molecular formula is C14H21ClF2N2O. The molecule has 2 N–H and O–H groups in total. The maximum Gasteiger partial charge on any atom is 0.220 e. The molecule has 1 aromatic rings. The van der Waals surface area contributed by atoms with Crippen LogP contribution in [0.5, 0.6) is 0 Å². The lowest BCUT2D eigenvalue weighted by Gasteiger charge is -2.13. The predicted molar refractivity (Wildman–Crippen MR) is 78.1 cm³/mol. The number of benzene rings is 1. The van der Waals surface area contributed by atoms with Gasteiger partial charge in [0.25, 0.3) is 0 Å². The number of hydrogen-bond acceptors (Lipinski definition) is 2. The van der Waals surface area contributed by atoms with Gasteiger partial charge in [-0.15, -0.1) is 12.4 Å². The third-order valence-corrected chi connectivity index (χ3v) is 2.81. The van der Waals surface area contributed by atoms with Crippen molar-refractivity contribution in [1.82, 2.24) is 10.6 Å². The molecule has 0 heterocycles. The van der Waals surface area contributed by atoms with Crippen LogP contribution in [-0.4, -0.2) is 25.0 Å². The molecule has 114 valence electrons. The molecule has 0 aromatic heterocycles. The van der Waals surface area contributed by atoms with Crippen molar-refractivity contribution in [2.75, 3.05) is 13.1 Å². The molecule has 0 radical (unpaired) electrons. The molecule has 1 atom stereocenters. The van der Waals surface area contributed by atoms with Crippen LogP contribution in [0, 0.1) is 11.6 Å². The molecular weight excluding hydrogens is 286 g/mol. The first kappa shape index (κ1) is 18.8. The molecule has 3 nitrogen and oxygen atoms in total. The largest absolute Gasteiger partial charge is 0.355 e. The second-order valence-electron chi connectivity index (χ2n) is 4.48. The molecule has 0 aliphatic heterocycles. The van der Waals surface area contributed by atoms with Gasteiger partial charge in [0.15, 0.2) is 11.6 Å². The number of hydrogen-bond donors (Lipinski definition) is 2. The van der Waals surface area contributed by atoms with Crippen LogP contribution < -0.4 is 10.6 Å². The van der Waals surface area contributed by atoms with Crippen molar-refractivity contribution in [2.45, 2.75) is 32.7 Å². The van der Waals surface area contributed by atoms with E-state index in [4.69, 9.17) is 0 Å². The number of likely N-dealkylation sites (N-methyl/N-ethyl adjacent to an activating group) is 1. The quantitative estimate of drug-likeness (QED) is 0.812. The molecule has 0 aliphatic carbocycles. The number of carbonyl (C=O) groups excluding carboxylic acids is 1. The van der Waals surface area contributed by atoms with Gasteiger partial charge in [-0.05, 0) is 31.5 Å². The molecule has 6 heteroatoms. The molecule has 1 aromatic carbocycles. The van der Waals surface area contributed by atoms with E-state index >= 15 is 0 Å². The molecule has 0 fully saturated rings. The normalized spacial score (nSPS) is 11.6. The summed E-state index contributed by atoms with van der Waals surface area (Å²) in [6.45, 7) is 5.32. The summed E-state index contributed by atoms with van der Waals surface area (Å²) in [5.41, 5.74) is 0.231. The summed E-state index contributed by atoms with van der Waals surface area (Å²) < 4.78 is 26.3. The average molecular weight is 307 g/mol. The second kappa shape index (κ2) is 9.66. The fourth-order valence-electron chi connectivity index (χ4n) is 1.77. The molecule has 0 aliphatic rings. The van der Waals surface area contributed by atoms with Crippen molar-refractivity contribution < 1.29 is 13.6 Å². The van der Waals surface area contributed by atoms with Gasteiger partial charge in [0.05, 0.1) is 0 Å². The van der Waals surface area contributed by atoms with Crippen molar-refractivity contribution in [2.24, 2.45) is 0 Å². The van der Waals surface area contributed by atoms with Crippen molar-refractivity contribution >= 4 is 18.3 Å². The minimum Gasteiger partial charge on any atom is -0.355 e. The Hall–Kier alpha value is -1.20. The molecule has 1 rings (SSSR count). The van der Waals surface area contributed by atoms with Gasteiger partial charge in [0, 0.05) is 19.0 Å². The minimum atomic E-state index is -0.876. The van der Waals surface area contributed by atoms with Crippen LogP contribution in [0.25, 0.3) is 0 Å². The van der Waals surface area contributed by atoms with Gasteiger partial charge >= 0.3 is 0 Å².